The highest BCUT2D eigenvalue weighted by molar-refractivity contribution is 7.91. The molecule has 0 N–H and O–H groups in total. The lowest BCUT2D eigenvalue weighted by Gasteiger charge is -2.06. The Morgan fingerprint density at radius 1 is 1.25 bits per heavy atom. The standard InChI is InChI=1S/C12H11NO2S/c1-8-4-6-13-10-2-3-11-9(12(8)10)5-7-16(11,14)15/h2-4,6H,5,7H2,1H3. The molecular weight excluding hydrogens is 222 g/mol. The van der Waals surface area contributed by atoms with E-state index in [1.54, 1.807) is 18.3 Å². The maximum absolute atomic E-state index is 11.8. The van der Waals surface area contributed by atoms with Crippen LogP contribution in [0.1, 0.15) is 11.1 Å². The van der Waals surface area contributed by atoms with Crippen molar-refractivity contribution < 1.29 is 8.42 Å². The quantitative estimate of drug-likeness (QED) is 0.698. The maximum atomic E-state index is 11.8. The van der Waals surface area contributed by atoms with Crippen LogP contribution in [0.4, 0.5) is 0 Å². The zero-order valence-electron chi connectivity index (χ0n) is 8.90. The molecule has 1 aliphatic heterocycles. The van der Waals surface area contributed by atoms with Gasteiger partial charge in [0.15, 0.2) is 9.84 Å². The Kier molecular flexibility index (Phi) is 1.86. The second kappa shape index (κ2) is 3.04. The topological polar surface area (TPSA) is 47.0 Å². The van der Waals surface area contributed by atoms with Crippen LogP contribution < -0.4 is 0 Å². The van der Waals surface area contributed by atoms with Gasteiger partial charge >= 0.3 is 0 Å². The molecule has 3 nitrogen and oxygen atoms in total. The summed E-state index contributed by atoms with van der Waals surface area (Å²) in [6, 6.07) is 5.41. The first-order valence-corrected chi connectivity index (χ1v) is 6.85. The minimum absolute atomic E-state index is 0.232. The van der Waals surface area contributed by atoms with E-state index in [-0.39, 0.29) is 5.75 Å². The number of rotatable bonds is 0. The smallest absolute Gasteiger partial charge is 0.179 e. The maximum Gasteiger partial charge on any atom is 0.179 e. The largest absolute Gasteiger partial charge is 0.256 e. The molecule has 82 valence electrons. The van der Waals surface area contributed by atoms with Crippen molar-refractivity contribution in [2.75, 3.05) is 5.75 Å². The molecule has 0 radical (unpaired) electrons. The summed E-state index contributed by atoms with van der Waals surface area (Å²) in [6.07, 6.45) is 2.37. The molecule has 2 aromatic rings. The molecule has 0 amide bonds. The van der Waals surface area contributed by atoms with Crippen LogP contribution in [0.2, 0.25) is 0 Å². The van der Waals surface area contributed by atoms with Crippen LogP contribution in [0.25, 0.3) is 10.9 Å². The molecule has 1 aromatic carbocycles. The molecule has 2 heterocycles. The van der Waals surface area contributed by atoms with E-state index in [1.807, 2.05) is 13.0 Å². The fraction of sp³-hybridized carbons (Fsp3) is 0.250. The van der Waals surface area contributed by atoms with Crippen molar-refractivity contribution in [2.45, 2.75) is 18.2 Å². The van der Waals surface area contributed by atoms with E-state index >= 15 is 0 Å². The zero-order valence-corrected chi connectivity index (χ0v) is 9.71. The summed E-state index contributed by atoms with van der Waals surface area (Å²) in [5.74, 6) is 0.232. The van der Waals surface area contributed by atoms with Gasteiger partial charge in [-0.2, -0.15) is 0 Å². The fourth-order valence-electron chi connectivity index (χ4n) is 2.36. The normalized spacial score (nSPS) is 17.6. The second-order valence-corrected chi connectivity index (χ2v) is 6.21. The predicted octanol–water partition coefficient (Wildman–Crippen LogP) is 1.87. The van der Waals surface area contributed by atoms with Gasteiger partial charge in [0.1, 0.15) is 0 Å². The molecule has 0 spiro atoms. The van der Waals surface area contributed by atoms with E-state index in [0.717, 1.165) is 22.0 Å². The van der Waals surface area contributed by atoms with E-state index in [0.29, 0.717) is 11.3 Å². The highest BCUT2D eigenvalue weighted by Crippen LogP contribution is 2.33. The lowest BCUT2D eigenvalue weighted by molar-refractivity contribution is 0.600. The molecule has 1 aromatic heterocycles. The van der Waals surface area contributed by atoms with Crippen LogP contribution in [0.5, 0.6) is 0 Å². The third-order valence-electron chi connectivity index (χ3n) is 3.14. The Bertz CT molecular complexity index is 689. The van der Waals surface area contributed by atoms with Gasteiger partial charge in [0, 0.05) is 11.6 Å². The molecule has 4 heteroatoms. The summed E-state index contributed by atoms with van der Waals surface area (Å²) in [7, 11) is -3.04. The van der Waals surface area contributed by atoms with Crippen molar-refractivity contribution in [1.29, 1.82) is 0 Å². The number of fused-ring (bicyclic) bond motifs is 3. The minimum atomic E-state index is -3.04. The number of nitrogens with zero attached hydrogens (tertiary/aromatic N) is 1. The van der Waals surface area contributed by atoms with Gasteiger partial charge in [0.05, 0.1) is 16.2 Å². The number of pyridine rings is 1. The molecule has 0 saturated heterocycles. The Balaban J connectivity index is 2.52. The number of aryl methyl sites for hydroxylation is 2. The molecular formula is C12H11NO2S. The number of aromatic nitrogens is 1. The first kappa shape index (κ1) is 9.78. The summed E-state index contributed by atoms with van der Waals surface area (Å²) >= 11 is 0. The van der Waals surface area contributed by atoms with E-state index in [4.69, 9.17) is 0 Å². The third kappa shape index (κ3) is 1.19. The Hall–Kier alpha value is -1.42. The number of hydrogen-bond donors (Lipinski definition) is 0. The van der Waals surface area contributed by atoms with Crippen LogP contribution >= 0.6 is 0 Å². The first-order valence-electron chi connectivity index (χ1n) is 5.19. The SMILES string of the molecule is Cc1ccnc2ccc3c(c12)CCS3(=O)=O. The molecule has 0 aliphatic carbocycles. The van der Waals surface area contributed by atoms with Crippen LogP contribution in [0, 0.1) is 6.92 Å². The van der Waals surface area contributed by atoms with Gasteiger partial charge in [0.2, 0.25) is 0 Å². The summed E-state index contributed by atoms with van der Waals surface area (Å²) in [5.41, 5.74) is 2.93. The molecule has 16 heavy (non-hydrogen) atoms. The van der Waals surface area contributed by atoms with Crippen molar-refractivity contribution in [3.05, 3.63) is 35.5 Å². The predicted molar refractivity (Wildman–Crippen MR) is 62.2 cm³/mol. The van der Waals surface area contributed by atoms with Gasteiger partial charge in [0.25, 0.3) is 0 Å². The van der Waals surface area contributed by atoms with Crippen LogP contribution in [-0.2, 0) is 16.3 Å². The Labute approximate surface area is 94.0 Å². The van der Waals surface area contributed by atoms with Crippen molar-refractivity contribution >= 4 is 20.7 Å². The van der Waals surface area contributed by atoms with Crippen LogP contribution in [0.15, 0.2) is 29.3 Å². The molecule has 0 saturated carbocycles. The average molecular weight is 233 g/mol. The fourth-order valence-corrected chi connectivity index (χ4v) is 3.91. The third-order valence-corrected chi connectivity index (χ3v) is 4.93. The van der Waals surface area contributed by atoms with Gasteiger partial charge in [-0.3, -0.25) is 4.98 Å². The first-order chi connectivity index (χ1) is 7.59. The minimum Gasteiger partial charge on any atom is -0.256 e. The van der Waals surface area contributed by atoms with E-state index in [2.05, 4.69) is 4.98 Å². The van der Waals surface area contributed by atoms with Gasteiger partial charge in [-0.05, 0) is 42.7 Å². The van der Waals surface area contributed by atoms with E-state index in [9.17, 15) is 8.42 Å². The summed E-state index contributed by atoms with van der Waals surface area (Å²) < 4.78 is 23.6. The molecule has 0 atom stereocenters. The second-order valence-electron chi connectivity index (χ2n) is 4.13. The number of hydrogen-bond acceptors (Lipinski definition) is 3. The Morgan fingerprint density at radius 3 is 2.88 bits per heavy atom. The molecule has 0 fully saturated rings. The highest BCUT2D eigenvalue weighted by atomic mass is 32.2. The van der Waals surface area contributed by atoms with Gasteiger partial charge in [-0.25, -0.2) is 8.42 Å². The van der Waals surface area contributed by atoms with Gasteiger partial charge < -0.3 is 0 Å². The van der Waals surface area contributed by atoms with Crippen molar-refractivity contribution in [1.82, 2.24) is 4.98 Å². The van der Waals surface area contributed by atoms with E-state index < -0.39 is 9.84 Å². The summed E-state index contributed by atoms with van der Waals surface area (Å²) in [6.45, 7) is 2.00. The van der Waals surface area contributed by atoms with Crippen molar-refractivity contribution in [3.8, 4) is 0 Å². The lowest BCUT2D eigenvalue weighted by Crippen LogP contribution is -1.98. The Morgan fingerprint density at radius 2 is 2.06 bits per heavy atom. The van der Waals surface area contributed by atoms with Crippen LogP contribution in [-0.4, -0.2) is 19.2 Å². The van der Waals surface area contributed by atoms with Gasteiger partial charge in [-0.15, -0.1) is 0 Å². The lowest BCUT2D eigenvalue weighted by atomic mass is 10.0. The molecule has 3 rings (SSSR count). The molecule has 1 aliphatic rings. The molecule has 0 unspecified atom stereocenters. The highest BCUT2D eigenvalue weighted by Gasteiger charge is 2.28. The number of sulfone groups is 1. The monoisotopic (exact) mass is 233 g/mol. The van der Waals surface area contributed by atoms with Gasteiger partial charge in [-0.1, -0.05) is 0 Å². The van der Waals surface area contributed by atoms with Crippen molar-refractivity contribution in [2.24, 2.45) is 0 Å². The zero-order chi connectivity index (χ0) is 11.3. The summed E-state index contributed by atoms with van der Waals surface area (Å²) in [5, 5.41) is 1.01. The average Bonchev–Trinajstić information content (AvgIpc) is 2.55. The molecule has 0 bridgehead atoms. The number of benzene rings is 1. The van der Waals surface area contributed by atoms with Crippen molar-refractivity contribution in [3.63, 3.8) is 0 Å². The summed E-state index contributed by atoms with van der Waals surface area (Å²) in [4.78, 5) is 4.77. The van der Waals surface area contributed by atoms with Crippen LogP contribution in [0.3, 0.4) is 0 Å². The van der Waals surface area contributed by atoms with E-state index in [1.165, 1.54) is 0 Å².